The van der Waals surface area contributed by atoms with Gasteiger partial charge in [0.25, 0.3) is 0 Å². The van der Waals surface area contributed by atoms with Gasteiger partial charge in [-0.1, -0.05) is 18.2 Å². The molecule has 2 heterocycles. The molecule has 0 aliphatic carbocycles. The monoisotopic (exact) mass is 260 g/mol. The van der Waals surface area contributed by atoms with Crippen LogP contribution in [0.15, 0.2) is 30.4 Å². The molecular weight excluding hydrogens is 244 g/mol. The molecule has 0 saturated heterocycles. The summed E-state index contributed by atoms with van der Waals surface area (Å²) in [4.78, 5) is 11.8. The molecule has 1 atom stereocenters. The van der Waals surface area contributed by atoms with Crippen molar-refractivity contribution in [3.05, 3.63) is 35.9 Å². The van der Waals surface area contributed by atoms with E-state index in [1.165, 1.54) is 0 Å². The van der Waals surface area contributed by atoms with E-state index in [2.05, 4.69) is 10.6 Å². The summed E-state index contributed by atoms with van der Waals surface area (Å²) < 4.78 is 10.6. The standard InChI is InChI=1S/C14H16N2O3/c17-14(11-2-1-6-15-11)16-7-5-10-3-4-12-13(8-10)19-9-18-12/h1-4,8,11,15H,5-7,9H2,(H,16,17)/t11-/m0/s1. The molecule has 0 spiro atoms. The van der Waals surface area contributed by atoms with E-state index in [9.17, 15) is 4.79 Å². The fraction of sp³-hybridized carbons (Fsp3) is 0.357. The summed E-state index contributed by atoms with van der Waals surface area (Å²) in [5.41, 5.74) is 1.12. The highest BCUT2D eigenvalue weighted by atomic mass is 16.7. The van der Waals surface area contributed by atoms with Crippen molar-refractivity contribution in [3.8, 4) is 11.5 Å². The van der Waals surface area contributed by atoms with Crippen LogP contribution >= 0.6 is 0 Å². The summed E-state index contributed by atoms with van der Waals surface area (Å²) in [6, 6.07) is 5.67. The van der Waals surface area contributed by atoms with Gasteiger partial charge in [0.2, 0.25) is 12.7 Å². The maximum atomic E-state index is 11.8. The van der Waals surface area contributed by atoms with Crippen molar-refractivity contribution in [2.24, 2.45) is 0 Å². The average molecular weight is 260 g/mol. The first-order valence-corrected chi connectivity index (χ1v) is 6.39. The number of fused-ring (bicyclic) bond motifs is 1. The largest absolute Gasteiger partial charge is 0.454 e. The zero-order valence-electron chi connectivity index (χ0n) is 10.5. The van der Waals surface area contributed by atoms with Gasteiger partial charge in [-0.05, 0) is 24.1 Å². The lowest BCUT2D eigenvalue weighted by Gasteiger charge is -2.10. The van der Waals surface area contributed by atoms with E-state index < -0.39 is 0 Å². The fourth-order valence-corrected chi connectivity index (χ4v) is 2.18. The molecule has 0 saturated carbocycles. The third-order valence-electron chi connectivity index (χ3n) is 3.22. The van der Waals surface area contributed by atoms with Crippen LogP contribution in [0.2, 0.25) is 0 Å². The number of carbonyl (C=O) groups excluding carboxylic acids is 1. The van der Waals surface area contributed by atoms with Crippen LogP contribution in [0.3, 0.4) is 0 Å². The minimum Gasteiger partial charge on any atom is -0.454 e. The molecule has 1 aromatic carbocycles. The van der Waals surface area contributed by atoms with Gasteiger partial charge in [-0.25, -0.2) is 0 Å². The second-order valence-corrected chi connectivity index (χ2v) is 4.54. The van der Waals surface area contributed by atoms with Gasteiger partial charge in [0.15, 0.2) is 11.5 Å². The molecular formula is C14H16N2O3. The average Bonchev–Trinajstić information content (AvgIpc) is 3.09. The molecule has 1 amide bonds. The smallest absolute Gasteiger partial charge is 0.241 e. The highest BCUT2D eigenvalue weighted by Gasteiger charge is 2.17. The minimum atomic E-state index is -0.184. The number of nitrogens with one attached hydrogen (secondary N) is 2. The molecule has 1 aromatic rings. The van der Waals surface area contributed by atoms with E-state index in [0.717, 1.165) is 30.0 Å². The SMILES string of the molecule is O=C(NCCc1ccc2c(c1)OCO2)[C@@H]1C=CCN1. The summed E-state index contributed by atoms with van der Waals surface area (Å²) in [6.07, 6.45) is 4.62. The molecule has 100 valence electrons. The number of hydrogen-bond donors (Lipinski definition) is 2. The van der Waals surface area contributed by atoms with Crippen molar-refractivity contribution in [2.75, 3.05) is 19.9 Å². The van der Waals surface area contributed by atoms with E-state index in [-0.39, 0.29) is 18.7 Å². The van der Waals surface area contributed by atoms with Crippen molar-refractivity contribution >= 4 is 5.91 Å². The first kappa shape index (κ1) is 12.0. The molecule has 2 N–H and O–H groups in total. The Kier molecular flexibility index (Phi) is 3.37. The summed E-state index contributed by atoms with van der Waals surface area (Å²) in [5, 5.41) is 6.00. The van der Waals surface area contributed by atoms with Crippen LogP contribution in [-0.2, 0) is 11.2 Å². The van der Waals surface area contributed by atoms with Crippen LogP contribution in [0, 0.1) is 0 Å². The molecule has 0 radical (unpaired) electrons. The Labute approximate surface area is 111 Å². The van der Waals surface area contributed by atoms with E-state index in [1.807, 2.05) is 30.4 Å². The quantitative estimate of drug-likeness (QED) is 0.778. The molecule has 5 nitrogen and oxygen atoms in total. The molecule has 0 unspecified atom stereocenters. The lowest BCUT2D eigenvalue weighted by molar-refractivity contribution is -0.121. The molecule has 3 rings (SSSR count). The zero-order chi connectivity index (χ0) is 13.1. The van der Waals surface area contributed by atoms with Crippen LogP contribution < -0.4 is 20.1 Å². The van der Waals surface area contributed by atoms with Crippen LogP contribution in [0.4, 0.5) is 0 Å². The van der Waals surface area contributed by atoms with Crippen molar-refractivity contribution in [3.63, 3.8) is 0 Å². The number of ether oxygens (including phenoxy) is 2. The van der Waals surface area contributed by atoms with Crippen LogP contribution in [0.5, 0.6) is 11.5 Å². The maximum absolute atomic E-state index is 11.8. The van der Waals surface area contributed by atoms with E-state index >= 15 is 0 Å². The minimum absolute atomic E-state index is 0.0227. The lowest BCUT2D eigenvalue weighted by Crippen LogP contribution is -2.41. The van der Waals surface area contributed by atoms with Gasteiger partial charge >= 0.3 is 0 Å². The van der Waals surface area contributed by atoms with Gasteiger partial charge in [-0.15, -0.1) is 0 Å². The van der Waals surface area contributed by atoms with E-state index in [0.29, 0.717) is 6.54 Å². The first-order chi connectivity index (χ1) is 9.33. The number of carbonyl (C=O) groups is 1. The van der Waals surface area contributed by atoms with Crippen LogP contribution in [-0.4, -0.2) is 31.8 Å². The maximum Gasteiger partial charge on any atom is 0.241 e. The third kappa shape index (κ3) is 2.71. The highest BCUT2D eigenvalue weighted by Crippen LogP contribution is 2.32. The van der Waals surface area contributed by atoms with Crippen LogP contribution in [0.25, 0.3) is 0 Å². The molecule has 2 aliphatic rings. The van der Waals surface area contributed by atoms with Crippen molar-refractivity contribution < 1.29 is 14.3 Å². The molecule has 2 aliphatic heterocycles. The number of amides is 1. The predicted octanol–water partition coefficient (Wildman–Crippen LogP) is 0.602. The van der Waals surface area contributed by atoms with Crippen molar-refractivity contribution in [1.82, 2.24) is 10.6 Å². The Hall–Kier alpha value is -2.01. The third-order valence-corrected chi connectivity index (χ3v) is 3.22. The lowest BCUT2D eigenvalue weighted by atomic mass is 10.1. The Morgan fingerprint density at radius 2 is 2.26 bits per heavy atom. The van der Waals surface area contributed by atoms with Gasteiger partial charge in [-0.2, -0.15) is 0 Å². The van der Waals surface area contributed by atoms with Gasteiger partial charge in [0.1, 0.15) is 6.04 Å². The number of hydrogen-bond acceptors (Lipinski definition) is 4. The van der Waals surface area contributed by atoms with E-state index in [4.69, 9.17) is 9.47 Å². The second kappa shape index (κ2) is 5.32. The van der Waals surface area contributed by atoms with Gasteiger partial charge < -0.3 is 14.8 Å². The molecule has 0 bridgehead atoms. The summed E-state index contributed by atoms with van der Waals surface area (Å²) in [7, 11) is 0. The second-order valence-electron chi connectivity index (χ2n) is 4.54. The van der Waals surface area contributed by atoms with E-state index in [1.54, 1.807) is 0 Å². The predicted molar refractivity (Wildman–Crippen MR) is 70.2 cm³/mol. The summed E-state index contributed by atoms with van der Waals surface area (Å²) >= 11 is 0. The van der Waals surface area contributed by atoms with Crippen molar-refractivity contribution in [2.45, 2.75) is 12.5 Å². The van der Waals surface area contributed by atoms with Crippen molar-refractivity contribution in [1.29, 1.82) is 0 Å². The zero-order valence-corrected chi connectivity index (χ0v) is 10.5. The Morgan fingerprint density at radius 3 is 3.11 bits per heavy atom. The Bertz CT molecular complexity index is 513. The van der Waals surface area contributed by atoms with Crippen LogP contribution in [0.1, 0.15) is 5.56 Å². The summed E-state index contributed by atoms with van der Waals surface area (Å²) in [6.45, 7) is 1.67. The summed E-state index contributed by atoms with van der Waals surface area (Å²) in [5.74, 6) is 1.59. The first-order valence-electron chi connectivity index (χ1n) is 6.39. The normalized spacial score (nSPS) is 19.7. The Balaban J connectivity index is 1.49. The highest BCUT2D eigenvalue weighted by molar-refractivity contribution is 5.84. The molecule has 0 aromatic heterocycles. The topological polar surface area (TPSA) is 59.6 Å². The fourth-order valence-electron chi connectivity index (χ4n) is 2.18. The number of rotatable bonds is 4. The molecule has 5 heteroatoms. The van der Waals surface area contributed by atoms with Gasteiger partial charge in [-0.3, -0.25) is 10.1 Å². The van der Waals surface area contributed by atoms with Gasteiger partial charge in [0, 0.05) is 13.1 Å². The Morgan fingerprint density at radius 1 is 1.37 bits per heavy atom. The van der Waals surface area contributed by atoms with Gasteiger partial charge in [0.05, 0.1) is 0 Å². The number of benzene rings is 1. The molecule has 19 heavy (non-hydrogen) atoms. The molecule has 0 fully saturated rings.